The molecule has 0 radical (unpaired) electrons. The van der Waals surface area contributed by atoms with Crippen molar-refractivity contribution in [1.29, 1.82) is 0 Å². The van der Waals surface area contributed by atoms with E-state index in [9.17, 15) is 14.4 Å². The number of carbonyl (C=O) groups excluding carboxylic acids is 3. The Kier molecular flexibility index (Phi) is 4.31. The molecule has 3 N–H and O–H groups in total. The van der Waals surface area contributed by atoms with E-state index in [1.165, 1.54) is 0 Å². The van der Waals surface area contributed by atoms with Gasteiger partial charge in [-0.05, 0) is 30.5 Å². The second-order valence-corrected chi connectivity index (χ2v) is 5.34. The normalized spacial score (nSPS) is 19.6. The van der Waals surface area contributed by atoms with Gasteiger partial charge in [0.25, 0.3) is 0 Å². The quantitative estimate of drug-likeness (QED) is 0.728. The van der Waals surface area contributed by atoms with E-state index in [4.69, 9.17) is 9.47 Å². The fraction of sp³-hybridized carbons (Fsp3) is 0.400. The highest BCUT2D eigenvalue weighted by atomic mass is 16.7. The van der Waals surface area contributed by atoms with Crippen molar-refractivity contribution in [1.82, 2.24) is 16.0 Å². The number of carbonyl (C=O) groups is 3. The summed E-state index contributed by atoms with van der Waals surface area (Å²) in [6.07, 6.45) is 1.05. The molecule has 1 unspecified atom stereocenters. The number of nitrogens with one attached hydrogen (secondary N) is 3. The highest BCUT2D eigenvalue weighted by molar-refractivity contribution is 5.98. The molecule has 1 atom stereocenters. The molecule has 1 fully saturated rings. The number of imide groups is 1. The van der Waals surface area contributed by atoms with Crippen LogP contribution in [-0.4, -0.2) is 37.2 Å². The SMILES string of the molecule is O=C1CCC(C(=O)NCCc2ccc3c(c2)OCO3)NC(=O)N1. The molecule has 2 aliphatic rings. The minimum atomic E-state index is -0.696. The van der Waals surface area contributed by atoms with E-state index < -0.39 is 12.1 Å². The maximum atomic E-state index is 12.1. The fourth-order valence-electron chi connectivity index (χ4n) is 2.48. The molecular weight excluding hydrogens is 302 g/mol. The second kappa shape index (κ2) is 6.55. The zero-order chi connectivity index (χ0) is 16.2. The average molecular weight is 319 g/mol. The van der Waals surface area contributed by atoms with Crippen LogP contribution in [0.2, 0.25) is 0 Å². The molecule has 0 saturated carbocycles. The van der Waals surface area contributed by atoms with E-state index in [1.807, 2.05) is 18.2 Å². The van der Waals surface area contributed by atoms with E-state index in [0.29, 0.717) is 18.7 Å². The molecule has 1 aromatic carbocycles. The summed E-state index contributed by atoms with van der Waals surface area (Å²) in [5.74, 6) is 0.749. The van der Waals surface area contributed by atoms with Crippen molar-refractivity contribution in [3.63, 3.8) is 0 Å². The van der Waals surface area contributed by atoms with Gasteiger partial charge in [-0.25, -0.2) is 4.79 Å². The average Bonchev–Trinajstić information content (AvgIpc) is 2.91. The van der Waals surface area contributed by atoms with Crippen LogP contribution in [0.4, 0.5) is 4.79 Å². The van der Waals surface area contributed by atoms with E-state index in [0.717, 1.165) is 11.3 Å². The molecular formula is C15H17N3O5. The van der Waals surface area contributed by atoms with Crippen molar-refractivity contribution >= 4 is 17.8 Å². The van der Waals surface area contributed by atoms with Crippen LogP contribution in [0.25, 0.3) is 0 Å². The molecule has 1 aromatic rings. The fourth-order valence-corrected chi connectivity index (χ4v) is 2.48. The largest absolute Gasteiger partial charge is 0.454 e. The summed E-state index contributed by atoms with van der Waals surface area (Å²) in [5.41, 5.74) is 1.01. The summed E-state index contributed by atoms with van der Waals surface area (Å²) in [5, 5.41) is 7.38. The van der Waals surface area contributed by atoms with Crippen molar-refractivity contribution in [2.24, 2.45) is 0 Å². The maximum Gasteiger partial charge on any atom is 0.322 e. The van der Waals surface area contributed by atoms with Gasteiger partial charge in [-0.2, -0.15) is 0 Å². The van der Waals surface area contributed by atoms with Gasteiger partial charge in [-0.1, -0.05) is 6.07 Å². The second-order valence-electron chi connectivity index (χ2n) is 5.34. The molecule has 0 aromatic heterocycles. The van der Waals surface area contributed by atoms with Crippen LogP contribution in [0.15, 0.2) is 18.2 Å². The van der Waals surface area contributed by atoms with E-state index >= 15 is 0 Å². The highest BCUT2D eigenvalue weighted by Crippen LogP contribution is 2.32. The summed E-state index contributed by atoms with van der Waals surface area (Å²) < 4.78 is 10.5. The van der Waals surface area contributed by atoms with Gasteiger partial charge in [0.15, 0.2) is 11.5 Å². The standard InChI is InChI=1S/C15H17N3O5/c19-13-4-2-10(17-15(21)18-13)14(20)16-6-5-9-1-3-11-12(7-9)23-8-22-11/h1,3,7,10H,2,4-6,8H2,(H,16,20)(H2,17,18,19,21). The molecule has 8 heteroatoms. The van der Waals surface area contributed by atoms with Crippen LogP contribution in [0.3, 0.4) is 0 Å². The highest BCUT2D eigenvalue weighted by Gasteiger charge is 2.25. The molecule has 2 heterocycles. The minimum absolute atomic E-state index is 0.138. The molecule has 1 saturated heterocycles. The third-order valence-corrected chi connectivity index (χ3v) is 3.68. The zero-order valence-corrected chi connectivity index (χ0v) is 12.4. The Hall–Kier alpha value is -2.77. The van der Waals surface area contributed by atoms with Gasteiger partial charge in [0.1, 0.15) is 6.04 Å². The number of hydrogen-bond donors (Lipinski definition) is 3. The minimum Gasteiger partial charge on any atom is -0.454 e. The summed E-state index contributed by atoms with van der Waals surface area (Å²) in [4.78, 5) is 34.7. The van der Waals surface area contributed by atoms with Crippen LogP contribution < -0.4 is 25.4 Å². The summed E-state index contributed by atoms with van der Waals surface area (Å²) in [6.45, 7) is 0.649. The molecule has 3 rings (SSSR count). The molecule has 0 spiro atoms. The lowest BCUT2D eigenvalue weighted by molar-refractivity contribution is -0.123. The molecule has 4 amide bonds. The van der Waals surface area contributed by atoms with Crippen molar-refractivity contribution in [2.75, 3.05) is 13.3 Å². The number of amides is 4. The zero-order valence-electron chi connectivity index (χ0n) is 12.4. The predicted molar refractivity (Wildman–Crippen MR) is 79.0 cm³/mol. The smallest absolute Gasteiger partial charge is 0.322 e. The molecule has 122 valence electrons. The van der Waals surface area contributed by atoms with E-state index in [2.05, 4.69) is 16.0 Å². The lowest BCUT2D eigenvalue weighted by atomic mass is 10.1. The Morgan fingerprint density at radius 1 is 1.26 bits per heavy atom. The van der Waals surface area contributed by atoms with Gasteiger partial charge >= 0.3 is 6.03 Å². The Morgan fingerprint density at radius 2 is 2.09 bits per heavy atom. The van der Waals surface area contributed by atoms with Crippen LogP contribution in [0.5, 0.6) is 11.5 Å². The van der Waals surface area contributed by atoms with Gasteiger partial charge < -0.3 is 20.1 Å². The first-order valence-corrected chi connectivity index (χ1v) is 7.38. The van der Waals surface area contributed by atoms with Crippen molar-refractivity contribution < 1.29 is 23.9 Å². The van der Waals surface area contributed by atoms with Crippen LogP contribution in [0.1, 0.15) is 18.4 Å². The lowest BCUT2D eigenvalue weighted by Crippen LogP contribution is -2.48. The van der Waals surface area contributed by atoms with Crippen LogP contribution in [0, 0.1) is 0 Å². The monoisotopic (exact) mass is 319 g/mol. The lowest BCUT2D eigenvalue weighted by Gasteiger charge is -2.14. The molecule has 0 bridgehead atoms. The van der Waals surface area contributed by atoms with E-state index in [1.54, 1.807) is 0 Å². The number of benzene rings is 1. The van der Waals surface area contributed by atoms with Gasteiger partial charge in [0, 0.05) is 13.0 Å². The van der Waals surface area contributed by atoms with Crippen LogP contribution >= 0.6 is 0 Å². The van der Waals surface area contributed by atoms with Gasteiger partial charge in [0.2, 0.25) is 18.6 Å². The Morgan fingerprint density at radius 3 is 2.96 bits per heavy atom. The van der Waals surface area contributed by atoms with Gasteiger partial charge in [-0.15, -0.1) is 0 Å². The number of ether oxygens (including phenoxy) is 2. The molecule has 23 heavy (non-hydrogen) atoms. The van der Waals surface area contributed by atoms with Crippen LogP contribution in [-0.2, 0) is 16.0 Å². The topological polar surface area (TPSA) is 106 Å². The first-order chi connectivity index (χ1) is 11.1. The Labute approximate surface area is 132 Å². The number of rotatable bonds is 4. The third kappa shape index (κ3) is 3.71. The first-order valence-electron chi connectivity index (χ1n) is 7.38. The molecule has 2 aliphatic heterocycles. The van der Waals surface area contributed by atoms with Gasteiger partial charge in [0.05, 0.1) is 0 Å². The first kappa shape index (κ1) is 15.1. The van der Waals surface area contributed by atoms with E-state index in [-0.39, 0.29) is 31.4 Å². The number of hydrogen-bond acceptors (Lipinski definition) is 5. The Bertz CT molecular complexity index is 646. The van der Waals surface area contributed by atoms with Crippen molar-refractivity contribution in [3.05, 3.63) is 23.8 Å². The predicted octanol–water partition coefficient (Wildman–Crippen LogP) is 0.0622. The van der Waals surface area contributed by atoms with Crippen molar-refractivity contribution in [2.45, 2.75) is 25.3 Å². The number of urea groups is 1. The maximum absolute atomic E-state index is 12.1. The molecule has 0 aliphatic carbocycles. The third-order valence-electron chi connectivity index (χ3n) is 3.68. The summed E-state index contributed by atoms with van der Waals surface area (Å²) in [7, 11) is 0. The van der Waals surface area contributed by atoms with Crippen molar-refractivity contribution in [3.8, 4) is 11.5 Å². The molecule has 8 nitrogen and oxygen atoms in total. The summed E-state index contributed by atoms with van der Waals surface area (Å²) >= 11 is 0. The van der Waals surface area contributed by atoms with Gasteiger partial charge in [-0.3, -0.25) is 14.9 Å². The Balaban J connectivity index is 1.49. The number of fused-ring (bicyclic) bond motifs is 1. The summed E-state index contributed by atoms with van der Waals surface area (Å²) in [6, 6.07) is 4.30.